The van der Waals surface area contributed by atoms with Gasteiger partial charge in [0, 0.05) is 5.56 Å². The van der Waals surface area contributed by atoms with Crippen LogP contribution in [0.5, 0.6) is 5.75 Å². The van der Waals surface area contributed by atoms with Crippen LogP contribution >= 0.6 is 0 Å². The van der Waals surface area contributed by atoms with E-state index in [0.717, 1.165) is 6.07 Å². The molecule has 0 aliphatic carbocycles. The van der Waals surface area contributed by atoms with Crippen molar-refractivity contribution in [2.24, 2.45) is 5.73 Å². The predicted molar refractivity (Wildman–Crippen MR) is 55.7 cm³/mol. The Kier molecular flexibility index (Phi) is 3.65. The Balaban J connectivity index is 3.27. The lowest BCUT2D eigenvalue weighted by Crippen LogP contribution is -2.16. The summed E-state index contributed by atoms with van der Waals surface area (Å²) in [5.74, 6) is -1.22. The van der Waals surface area contributed by atoms with E-state index < -0.39 is 23.8 Å². The first kappa shape index (κ1) is 13.3. The van der Waals surface area contributed by atoms with Crippen LogP contribution in [0.4, 0.5) is 13.2 Å². The molecular weight excluding hydrogens is 235 g/mol. The summed E-state index contributed by atoms with van der Waals surface area (Å²) in [5, 5.41) is 0. The number of hydrogen-bond donors (Lipinski definition) is 1. The maximum atomic E-state index is 12.7. The quantitative estimate of drug-likeness (QED) is 0.892. The molecule has 0 fully saturated rings. The number of rotatable bonds is 3. The lowest BCUT2D eigenvalue weighted by atomic mass is 10.1. The number of nitrogens with two attached hydrogens (primary N) is 1. The van der Waals surface area contributed by atoms with Gasteiger partial charge in [-0.2, -0.15) is 13.2 Å². The van der Waals surface area contributed by atoms with E-state index in [4.69, 9.17) is 10.5 Å². The Labute approximate surface area is 96.4 Å². The van der Waals surface area contributed by atoms with Crippen LogP contribution in [0.2, 0.25) is 0 Å². The van der Waals surface area contributed by atoms with Gasteiger partial charge < -0.3 is 10.5 Å². The van der Waals surface area contributed by atoms with Gasteiger partial charge in [-0.1, -0.05) is 0 Å². The first-order valence-electron chi connectivity index (χ1n) is 4.89. The lowest BCUT2D eigenvalue weighted by molar-refractivity contribution is -0.139. The van der Waals surface area contributed by atoms with Gasteiger partial charge in [0.2, 0.25) is 5.91 Å². The fourth-order valence-electron chi connectivity index (χ4n) is 1.26. The van der Waals surface area contributed by atoms with Crippen LogP contribution in [0.3, 0.4) is 0 Å². The van der Waals surface area contributed by atoms with Gasteiger partial charge in [0.25, 0.3) is 0 Å². The molecule has 1 aromatic rings. The average Bonchev–Trinajstić information content (AvgIpc) is 2.15. The van der Waals surface area contributed by atoms with Gasteiger partial charge in [-0.3, -0.25) is 4.79 Å². The van der Waals surface area contributed by atoms with Gasteiger partial charge >= 0.3 is 6.18 Å². The highest BCUT2D eigenvalue weighted by Crippen LogP contribution is 2.37. The summed E-state index contributed by atoms with van der Waals surface area (Å²) in [7, 11) is 0. The number of carbonyl (C=O) groups excluding carboxylic acids is 1. The van der Waals surface area contributed by atoms with Gasteiger partial charge in [0.15, 0.2) is 0 Å². The molecule has 0 unspecified atom stereocenters. The van der Waals surface area contributed by atoms with Crippen LogP contribution in [-0.2, 0) is 6.18 Å². The smallest absolute Gasteiger partial charge is 0.419 e. The van der Waals surface area contributed by atoms with Crippen molar-refractivity contribution in [3.05, 3.63) is 29.3 Å². The lowest BCUT2D eigenvalue weighted by Gasteiger charge is -2.16. The standard InChI is InChI=1S/C11H12F3NO2/c1-6(2)17-9-4-3-7(10(15)16)5-8(9)11(12,13)14/h3-6H,1-2H3,(H2,15,16). The molecule has 0 spiro atoms. The van der Waals surface area contributed by atoms with Gasteiger partial charge in [-0.25, -0.2) is 0 Å². The highest BCUT2D eigenvalue weighted by molar-refractivity contribution is 5.93. The number of hydrogen-bond acceptors (Lipinski definition) is 2. The van der Waals surface area contributed by atoms with E-state index in [1.807, 2.05) is 0 Å². The van der Waals surface area contributed by atoms with E-state index in [1.54, 1.807) is 13.8 Å². The Hall–Kier alpha value is -1.72. The van der Waals surface area contributed by atoms with Crippen LogP contribution in [0.1, 0.15) is 29.8 Å². The van der Waals surface area contributed by atoms with Crippen molar-refractivity contribution in [3.8, 4) is 5.75 Å². The molecule has 0 aliphatic heterocycles. The van der Waals surface area contributed by atoms with Crippen molar-refractivity contribution in [1.82, 2.24) is 0 Å². The zero-order valence-corrected chi connectivity index (χ0v) is 9.34. The zero-order chi connectivity index (χ0) is 13.2. The molecule has 1 aromatic carbocycles. The molecule has 0 radical (unpaired) electrons. The summed E-state index contributed by atoms with van der Waals surface area (Å²) in [6.07, 6.45) is -4.98. The van der Waals surface area contributed by atoms with E-state index >= 15 is 0 Å². The maximum absolute atomic E-state index is 12.7. The van der Waals surface area contributed by atoms with E-state index in [2.05, 4.69) is 0 Å². The third-order valence-electron chi connectivity index (χ3n) is 1.93. The minimum Gasteiger partial charge on any atom is -0.490 e. The Bertz CT molecular complexity index is 427. The highest BCUT2D eigenvalue weighted by atomic mass is 19.4. The van der Waals surface area contributed by atoms with Crippen LogP contribution in [0.25, 0.3) is 0 Å². The first-order valence-corrected chi connectivity index (χ1v) is 4.89. The number of halogens is 3. The van der Waals surface area contributed by atoms with Crippen molar-refractivity contribution in [3.63, 3.8) is 0 Å². The fraction of sp³-hybridized carbons (Fsp3) is 0.364. The molecule has 0 aromatic heterocycles. The molecule has 0 saturated carbocycles. The summed E-state index contributed by atoms with van der Waals surface area (Å²) < 4.78 is 43.2. The monoisotopic (exact) mass is 247 g/mol. The molecule has 94 valence electrons. The molecule has 0 atom stereocenters. The first-order chi connectivity index (χ1) is 7.71. The Morgan fingerprint density at radius 2 is 1.94 bits per heavy atom. The van der Waals surface area contributed by atoms with Gasteiger partial charge in [0.1, 0.15) is 5.75 Å². The fourth-order valence-corrected chi connectivity index (χ4v) is 1.26. The second-order valence-electron chi connectivity index (χ2n) is 3.74. The average molecular weight is 247 g/mol. The molecule has 1 amide bonds. The molecule has 0 bridgehead atoms. The van der Waals surface area contributed by atoms with Gasteiger partial charge in [-0.05, 0) is 32.0 Å². The number of benzene rings is 1. The van der Waals surface area contributed by atoms with Crippen molar-refractivity contribution in [2.45, 2.75) is 26.1 Å². The number of alkyl halides is 3. The second-order valence-corrected chi connectivity index (χ2v) is 3.74. The molecular formula is C11H12F3NO2. The zero-order valence-electron chi connectivity index (χ0n) is 9.34. The SMILES string of the molecule is CC(C)Oc1ccc(C(N)=O)cc1C(F)(F)F. The normalized spacial score (nSPS) is 11.6. The van der Waals surface area contributed by atoms with Crippen LogP contribution in [-0.4, -0.2) is 12.0 Å². The molecule has 0 saturated heterocycles. The number of amides is 1. The van der Waals surface area contributed by atoms with E-state index in [0.29, 0.717) is 6.07 Å². The maximum Gasteiger partial charge on any atom is 0.419 e. The Morgan fingerprint density at radius 3 is 2.35 bits per heavy atom. The third-order valence-corrected chi connectivity index (χ3v) is 1.93. The number of primary amides is 1. The summed E-state index contributed by atoms with van der Waals surface area (Å²) in [6, 6.07) is 3.00. The summed E-state index contributed by atoms with van der Waals surface area (Å²) in [4.78, 5) is 10.8. The molecule has 6 heteroatoms. The van der Waals surface area contributed by atoms with Crippen molar-refractivity contribution in [2.75, 3.05) is 0 Å². The number of carbonyl (C=O) groups is 1. The molecule has 17 heavy (non-hydrogen) atoms. The summed E-state index contributed by atoms with van der Waals surface area (Å²) >= 11 is 0. The number of ether oxygens (including phenoxy) is 1. The molecule has 0 heterocycles. The van der Waals surface area contributed by atoms with E-state index in [-0.39, 0.29) is 11.3 Å². The molecule has 2 N–H and O–H groups in total. The second kappa shape index (κ2) is 4.65. The third kappa shape index (κ3) is 3.37. The van der Waals surface area contributed by atoms with Crippen LogP contribution in [0, 0.1) is 0 Å². The van der Waals surface area contributed by atoms with Crippen LogP contribution in [0.15, 0.2) is 18.2 Å². The van der Waals surface area contributed by atoms with Crippen molar-refractivity contribution < 1.29 is 22.7 Å². The summed E-state index contributed by atoms with van der Waals surface area (Å²) in [5.41, 5.74) is 3.73. The van der Waals surface area contributed by atoms with Gasteiger partial charge in [-0.15, -0.1) is 0 Å². The predicted octanol–water partition coefficient (Wildman–Crippen LogP) is 2.59. The topological polar surface area (TPSA) is 52.3 Å². The minimum atomic E-state index is -4.59. The Morgan fingerprint density at radius 1 is 1.35 bits per heavy atom. The molecule has 3 nitrogen and oxygen atoms in total. The van der Waals surface area contributed by atoms with E-state index in [9.17, 15) is 18.0 Å². The summed E-state index contributed by atoms with van der Waals surface area (Å²) in [6.45, 7) is 3.23. The van der Waals surface area contributed by atoms with Gasteiger partial charge in [0.05, 0.1) is 11.7 Å². The van der Waals surface area contributed by atoms with Crippen molar-refractivity contribution >= 4 is 5.91 Å². The molecule has 0 aliphatic rings. The largest absolute Gasteiger partial charge is 0.490 e. The minimum absolute atomic E-state index is 0.201. The highest BCUT2D eigenvalue weighted by Gasteiger charge is 2.35. The van der Waals surface area contributed by atoms with Crippen molar-refractivity contribution in [1.29, 1.82) is 0 Å². The molecule has 1 rings (SSSR count). The van der Waals surface area contributed by atoms with E-state index in [1.165, 1.54) is 6.07 Å². The van der Waals surface area contributed by atoms with Crippen LogP contribution < -0.4 is 10.5 Å².